The lowest BCUT2D eigenvalue weighted by atomic mass is 10.2. The van der Waals surface area contributed by atoms with Gasteiger partial charge in [0.15, 0.2) is 5.69 Å². The summed E-state index contributed by atoms with van der Waals surface area (Å²) in [5.41, 5.74) is 0.650. The number of rotatable bonds is 3. The molecule has 7 nitrogen and oxygen atoms in total. The number of aromatic carboxylic acids is 1. The fourth-order valence-electron chi connectivity index (χ4n) is 2.53. The largest absolute Gasteiger partial charge is 0.477 e. The van der Waals surface area contributed by atoms with Gasteiger partial charge < -0.3 is 14.9 Å². The molecule has 1 amide bonds. The molecule has 2 aromatic rings. The first kappa shape index (κ1) is 15.0. The van der Waals surface area contributed by atoms with Gasteiger partial charge in [-0.25, -0.2) is 9.78 Å². The Morgan fingerprint density at radius 2 is 1.70 bits per heavy atom. The second-order valence-electron chi connectivity index (χ2n) is 5.20. The van der Waals surface area contributed by atoms with Crippen molar-refractivity contribution < 1.29 is 14.7 Å². The van der Waals surface area contributed by atoms with Crippen LogP contribution in [0.2, 0.25) is 0 Å². The number of hydrogen-bond donors (Lipinski definition) is 1. The van der Waals surface area contributed by atoms with E-state index < -0.39 is 5.97 Å². The third-order valence-corrected chi connectivity index (χ3v) is 3.77. The van der Waals surface area contributed by atoms with Crippen molar-refractivity contribution in [3.05, 3.63) is 54.0 Å². The fourth-order valence-corrected chi connectivity index (χ4v) is 2.53. The van der Waals surface area contributed by atoms with Gasteiger partial charge in [-0.15, -0.1) is 0 Å². The van der Waals surface area contributed by atoms with E-state index in [0.29, 0.717) is 37.6 Å². The Hall–Kier alpha value is -2.96. The maximum absolute atomic E-state index is 12.4. The number of piperazine rings is 1. The highest BCUT2D eigenvalue weighted by Gasteiger charge is 2.23. The van der Waals surface area contributed by atoms with E-state index in [1.807, 2.05) is 4.90 Å². The van der Waals surface area contributed by atoms with Gasteiger partial charge in [-0.1, -0.05) is 6.07 Å². The second kappa shape index (κ2) is 6.43. The molecule has 0 atom stereocenters. The van der Waals surface area contributed by atoms with Gasteiger partial charge in [-0.3, -0.25) is 9.78 Å². The quantitative estimate of drug-likeness (QED) is 0.914. The summed E-state index contributed by atoms with van der Waals surface area (Å²) < 4.78 is 0. The molecule has 7 heteroatoms. The molecule has 0 unspecified atom stereocenters. The summed E-state index contributed by atoms with van der Waals surface area (Å²) in [7, 11) is 0. The summed E-state index contributed by atoms with van der Waals surface area (Å²) in [5.74, 6) is -0.432. The van der Waals surface area contributed by atoms with Crippen molar-refractivity contribution in [1.29, 1.82) is 0 Å². The van der Waals surface area contributed by atoms with Crippen LogP contribution in [0.25, 0.3) is 0 Å². The molecule has 1 fully saturated rings. The molecule has 1 saturated heterocycles. The van der Waals surface area contributed by atoms with Crippen LogP contribution >= 0.6 is 0 Å². The monoisotopic (exact) mass is 312 g/mol. The Labute approximate surface area is 133 Å². The second-order valence-corrected chi connectivity index (χ2v) is 5.20. The molecule has 23 heavy (non-hydrogen) atoms. The number of anilines is 1. The predicted octanol–water partition coefficient (Wildman–Crippen LogP) is 1.14. The van der Waals surface area contributed by atoms with Gasteiger partial charge in [0.25, 0.3) is 5.91 Å². The lowest BCUT2D eigenvalue weighted by Gasteiger charge is -2.35. The molecule has 2 aromatic heterocycles. The third-order valence-electron chi connectivity index (χ3n) is 3.77. The Morgan fingerprint density at radius 3 is 2.35 bits per heavy atom. The molecule has 1 N–H and O–H groups in total. The molecule has 0 spiro atoms. The molecule has 0 saturated carbocycles. The van der Waals surface area contributed by atoms with Crippen LogP contribution in [0.1, 0.15) is 20.8 Å². The zero-order valence-corrected chi connectivity index (χ0v) is 12.4. The first-order chi connectivity index (χ1) is 11.1. The highest BCUT2D eigenvalue weighted by molar-refractivity contribution is 5.94. The van der Waals surface area contributed by atoms with Crippen LogP contribution in [0, 0.1) is 0 Å². The van der Waals surface area contributed by atoms with Crippen LogP contribution in [0.5, 0.6) is 0 Å². The summed E-state index contributed by atoms with van der Waals surface area (Å²) in [6.07, 6.45) is 3.20. The highest BCUT2D eigenvalue weighted by Crippen LogP contribution is 2.15. The number of aromatic nitrogens is 2. The van der Waals surface area contributed by atoms with Gasteiger partial charge in [-0.05, 0) is 24.3 Å². The molecule has 3 heterocycles. The van der Waals surface area contributed by atoms with Crippen LogP contribution in [-0.4, -0.2) is 58.0 Å². The van der Waals surface area contributed by atoms with E-state index in [1.165, 1.54) is 6.07 Å². The summed E-state index contributed by atoms with van der Waals surface area (Å²) in [6.45, 7) is 2.38. The van der Waals surface area contributed by atoms with Gasteiger partial charge in [0.05, 0.1) is 0 Å². The number of pyridine rings is 2. The molecule has 0 radical (unpaired) electrons. The average Bonchev–Trinajstić information content (AvgIpc) is 2.62. The Balaban J connectivity index is 1.66. The zero-order valence-electron chi connectivity index (χ0n) is 12.4. The average molecular weight is 312 g/mol. The molecule has 1 aliphatic rings. The summed E-state index contributed by atoms with van der Waals surface area (Å²) in [5, 5.41) is 9.01. The van der Waals surface area contributed by atoms with Crippen molar-refractivity contribution in [2.45, 2.75) is 0 Å². The van der Waals surface area contributed by atoms with Crippen molar-refractivity contribution >= 4 is 17.7 Å². The number of carboxylic acids is 1. The molecule has 118 valence electrons. The Kier molecular flexibility index (Phi) is 4.18. The first-order valence-electron chi connectivity index (χ1n) is 7.30. The van der Waals surface area contributed by atoms with Gasteiger partial charge in [0.2, 0.25) is 0 Å². The lowest BCUT2D eigenvalue weighted by Crippen LogP contribution is -2.49. The topological polar surface area (TPSA) is 86.6 Å². The Morgan fingerprint density at radius 1 is 1.00 bits per heavy atom. The van der Waals surface area contributed by atoms with Gasteiger partial charge in [-0.2, -0.15) is 0 Å². The van der Waals surface area contributed by atoms with Crippen LogP contribution < -0.4 is 4.90 Å². The van der Waals surface area contributed by atoms with E-state index in [9.17, 15) is 9.59 Å². The van der Waals surface area contributed by atoms with Gasteiger partial charge in [0.1, 0.15) is 5.82 Å². The molecule has 0 aliphatic carbocycles. The molecule has 3 rings (SSSR count). The van der Waals surface area contributed by atoms with Crippen LogP contribution in [0.3, 0.4) is 0 Å². The number of hydrogen-bond acceptors (Lipinski definition) is 5. The SMILES string of the molecule is O=C(O)c1cccc(N2CCN(C(=O)c3ccncc3)CC2)n1. The molecular formula is C16H16N4O3. The maximum Gasteiger partial charge on any atom is 0.354 e. The van der Waals surface area contributed by atoms with Crippen LogP contribution in [-0.2, 0) is 0 Å². The summed E-state index contributed by atoms with van der Waals surface area (Å²) in [6, 6.07) is 8.33. The van der Waals surface area contributed by atoms with E-state index in [1.54, 1.807) is 41.6 Å². The Bertz CT molecular complexity index is 712. The van der Waals surface area contributed by atoms with Crippen molar-refractivity contribution in [3.63, 3.8) is 0 Å². The van der Waals surface area contributed by atoms with Crippen LogP contribution in [0.15, 0.2) is 42.7 Å². The smallest absolute Gasteiger partial charge is 0.354 e. The van der Waals surface area contributed by atoms with Crippen molar-refractivity contribution in [1.82, 2.24) is 14.9 Å². The standard InChI is InChI=1S/C16H16N4O3/c21-15(12-4-6-17-7-5-12)20-10-8-19(9-11-20)14-3-1-2-13(18-14)16(22)23/h1-7H,8-11H2,(H,22,23). The van der Waals surface area contributed by atoms with Crippen molar-refractivity contribution in [2.24, 2.45) is 0 Å². The maximum atomic E-state index is 12.4. The molecule has 1 aliphatic heterocycles. The molecule has 0 bridgehead atoms. The highest BCUT2D eigenvalue weighted by atomic mass is 16.4. The minimum absolute atomic E-state index is 0.0145. The van der Waals surface area contributed by atoms with E-state index in [0.717, 1.165) is 0 Å². The predicted molar refractivity (Wildman–Crippen MR) is 83.5 cm³/mol. The molecular weight excluding hydrogens is 296 g/mol. The summed E-state index contributed by atoms with van der Waals surface area (Å²) in [4.78, 5) is 35.2. The normalized spacial score (nSPS) is 14.6. The van der Waals surface area contributed by atoms with Gasteiger partial charge >= 0.3 is 5.97 Å². The number of carbonyl (C=O) groups excluding carboxylic acids is 1. The van der Waals surface area contributed by atoms with Crippen LogP contribution in [0.4, 0.5) is 5.82 Å². The zero-order chi connectivity index (χ0) is 16.2. The lowest BCUT2D eigenvalue weighted by molar-refractivity contribution is 0.0690. The van der Waals surface area contributed by atoms with E-state index in [2.05, 4.69) is 9.97 Å². The van der Waals surface area contributed by atoms with Crippen molar-refractivity contribution in [2.75, 3.05) is 31.1 Å². The minimum Gasteiger partial charge on any atom is -0.477 e. The van der Waals surface area contributed by atoms with E-state index in [-0.39, 0.29) is 11.6 Å². The number of amides is 1. The van der Waals surface area contributed by atoms with Gasteiger partial charge in [0, 0.05) is 44.1 Å². The number of carbonyl (C=O) groups is 2. The van der Waals surface area contributed by atoms with E-state index in [4.69, 9.17) is 5.11 Å². The van der Waals surface area contributed by atoms with E-state index >= 15 is 0 Å². The summed E-state index contributed by atoms with van der Waals surface area (Å²) >= 11 is 0. The fraction of sp³-hybridized carbons (Fsp3) is 0.250. The minimum atomic E-state index is -1.04. The first-order valence-corrected chi connectivity index (χ1v) is 7.30. The van der Waals surface area contributed by atoms with Crippen molar-refractivity contribution in [3.8, 4) is 0 Å². The third kappa shape index (κ3) is 3.28. The number of nitrogens with zero attached hydrogens (tertiary/aromatic N) is 4. The number of carboxylic acid groups (broad SMARTS) is 1. The molecule has 0 aromatic carbocycles.